The molecule has 2 N–H and O–H groups in total. The predicted molar refractivity (Wildman–Crippen MR) is 95.0 cm³/mol. The minimum atomic E-state index is -0.793. The largest absolute Gasteiger partial charge is 0.477 e. The molecule has 2 heterocycles. The molecule has 0 atom stereocenters. The maximum absolute atomic E-state index is 11.5. The maximum atomic E-state index is 11.5. The molecule has 1 aromatic heterocycles. The zero-order valence-corrected chi connectivity index (χ0v) is 14.9. The summed E-state index contributed by atoms with van der Waals surface area (Å²) in [4.78, 5) is 12.0. The molecule has 0 unspecified atom stereocenters. The second-order valence-corrected chi connectivity index (χ2v) is 8.81. The third-order valence-corrected chi connectivity index (χ3v) is 6.46. The van der Waals surface area contributed by atoms with Crippen LogP contribution in [-0.2, 0) is 0 Å². The van der Waals surface area contributed by atoms with E-state index in [9.17, 15) is 9.90 Å². The van der Waals surface area contributed by atoms with Gasteiger partial charge in [0.25, 0.3) is 0 Å². The highest BCUT2D eigenvalue weighted by Crippen LogP contribution is 2.39. The molecule has 0 aromatic carbocycles. The van der Waals surface area contributed by atoms with Crippen molar-refractivity contribution in [3.05, 3.63) is 25.0 Å². The van der Waals surface area contributed by atoms with Gasteiger partial charge in [0.05, 0.1) is 2.88 Å². The number of carboxylic acid groups (broad SMARTS) is 1. The van der Waals surface area contributed by atoms with Crippen LogP contribution in [0.3, 0.4) is 0 Å². The fraction of sp³-hybridized carbons (Fsp3) is 0.562. The summed E-state index contributed by atoms with van der Waals surface area (Å²) in [7, 11) is 0. The molecule has 114 valence electrons. The van der Waals surface area contributed by atoms with Gasteiger partial charge in [-0.05, 0) is 66.0 Å². The molecule has 3 rings (SSSR count). The first-order valence-electron chi connectivity index (χ1n) is 7.62. The number of thiophene rings is 1. The number of rotatable bonds is 3. The normalized spacial score (nSPS) is 20.8. The Balaban J connectivity index is 2.03. The molecule has 0 radical (unpaired) electrons. The fourth-order valence-electron chi connectivity index (χ4n) is 3.61. The first-order chi connectivity index (χ1) is 10.2. The zero-order chi connectivity index (χ0) is 14.8. The lowest BCUT2D eigenvalue weighted by molar-refractivity contribution is 0.0702. The van der Waals surface area contributed by atoms with E-state index in [1.54, 1.807) is 0 Å². The molecule has 1 aromatic rings. The molecular formula is C16H20INO2S. The van der Waals surface area contributed by atoms with Crippen LogP contribution in [-0.4, -0.2) is 24.2 Å². The smallest absolute Gasteiger partial charge is 0.346 e. The number of halogens is 1. The lowest BCUT2D eigenvalue weighted by Gasteiger charge is -2.30. The number of carboxylic acids is 1. The van der Waals surface area contributed by atoms with Crippen LogP contribution < -0.4 is 5.32 Å². The molecule has 3 nitrogen and oxygen atoms in total. The summed E-state index contributed by atoms with van der Waals surface area (Å²) in [5.41, 5.74) is 3.76. The van der Waals surface area contributed by atoms with Crippen molar-refractivity contribution in [3.8, 4) is 0 Å². The summed E-state index contributed by atoms with van der Waals surface area (Å²) in [6.07, 6.45) is 7.63. The van der Waals surface area contributed by atoms with Crippen molar-refractivity contribution >= 4 is 45.5 Å². The molecule has 1 aliphatic heterocycles. The molecule has 5 heteroatoms. The molecule has 21 heavy (non-hydrogen) atoms. The highest BCUT2D eigenvalue weighted by atomic mass is 127. The number of aromatic carboxylic acids is 1. The van der Waals surface area contributed by atoms with E-state index >= 15 is 0 Å². The average Bonchev–Trinajstić information content (AvgIpc) is 2.90. The first kappa shape index (κ1) is 15.5. The molecule has 2 aliphatic rings. The van der Waals surface area contributed by atoms with Gasteiger partial charge in [0.1, 0.15) is 4.88 Å². The monoisotopic (exact) mass is 417 g/mol. The lowest BCUT2D eigenvalue weighted by Crippen LogP contribution is -2.28. The summed E-state index contributed by atoms with van der Waals surface area (Å²) >= 11 is 3.62. The van der Waals surface area contributed by atoms with Gasteiger partial charge < -0.3 is 10.4 Å². The second kappa shape index (κ2) is 6.79. The van der Waals surface area contributed by atoms with E-state index in [2.05, 4.69) is 34.0 Å². The Bertz CT molecular complexity index is 573. The standard InChI is InChI=1S/C16H20INO2S/c17-14-8-12(15(21-14)16(19)20)13-9-18-7-6-11(13)10-4-2-1-3-5-10/h8,10,18H,1-7,9H2,(H,19,20). The third kappa shape index (κ3) is 3.35. The van der Waals surface area contributed by atoms with Crippen molar-refractivity contribution in [2.24, 2.45) is 5.92 Å². The van der Waals surface area contributed by atoms with E-state index < -0.39 is 5.97 Å². The highest BCUT2D eigenvalue weighted by Gasteiger charge is 2.27. The van der Waals surface area contributed by atoms with Crippen LogP contribution in [0.2, 0.25) is 0 Å². The quantitative estimate of drug-likeness (QED) is 0.718. The van der Waals surface area contributed by atoms with E-state index in [1.807, 2.05) is 0 Å². The Hall–Kier alpha value is -0.400. The molecule has 0 bridgehead atoms. The number of hydrogen-bond acceptors (Lipinski definition) is 3. The number of nitrogens with one attached hydrogen (secondary N) is 1. The maximum Gasteiger partial charge on any atom is 0.346 e. The molecule has 1 fully saturated rings. The summed E-state index contributed by atoms with van der Waals surface area (Å²) in [5.74, 6) is -0.117. The molecule has 0 saturated heterocycles. The minimum absolute atomic E-state index is 0.506. The molecule has 1 saturated carbocycles. The van der Waals surface area contributed by atoms with Gasteiger partial charge >= 0.3 is 5.97 Å². The van der Waals surface area contributed by atoms with Crippen molar-refractivity contribution < 1.29 is 9.90 Å². The summed E-state index contributed by atoms with van der Waals surface area (Å²) < 4.78 is 1.06. The van der Waals surface area contributed by atoms with Crippen LogP contribution >= 0.6 is 33.9 Å². The van der Waals surface area contributed by atoms with Crippen LogP contribution in [0.15, 0.2) is 11.6 Å². The number of hydrogen-bond donors (Lipinski definition) is 2. The van der Waals surface area contributed by atoms with Crippen LogP contribution in [0.25, 0.3) is 5.57 Å². The zero-order valence-electron chi connectivity index (χ0n) is 12.0. The highest BCUT2D eigenvalue weighted by molar-refractivity contribution is 14.1. The number of carbonyl (C=O) groups is 1. The first-order valence-corrected chi connectivity index (χ1v) is 9.52. The second-order valence-electron chi connectivity index (χ2n) is 5.86. The Morgan fingerprint density at radius 1 is 1.33 bits per heavy atom. The van der Waals surface area contributed by atoms with Crippen LogP contribution in [0.4, 0.5) is 0 Å². The average molecular weight is 417 g/mol. The van der Waals surface area contributed by atoms with E-state index in [-0.39, 0.29) is 0 Å². The third-order valence-electron chi connectivity index (χ3n) is 4.58. The van der Waals surface area contributed by atoms with Crippen molar-refractivity contribution in [1.82, 2.24) is 5.32 Å². The van der Waals surface area contributed by atoms with E-state index in [0.717, 1.165) is 28.0 Å². The predicted octanol–water partition coefficient (Wildman–Crippen LogP) is 4.38. The molecule has 0 spiro atoms. The topological polar surface area (TPSA) is 49.3 Å². The minimum Gasteiger partial charge on any atom is -0.477 e. The van der Waals surface area contributed by atoms with Crippen LogP contribution in [0.1, 0.15) is 53.8 Å². The SMILES string of the molecule is O=C(O)c1sc(I)cc1C1=C(C2CCCCC2)CCNC1. The van der Waals surface area contributed by atoms with Gasteiger partial charge in [0.15, 0.2) is 0 Å². The molecular weight excluding hydrogens is 397 g/mol. The van der Waals surface area contributed by atoms with Crippen molar-refractivity contribution in [2.75, 3.05) is 13.1 Å². The van der Waals surface area contributed by atoms with Gasteiger partial charge in [-0.2, -0.15) is 0 Å². The fourth-order valence-corrected chi connectivity index (χ4v) is 5.34. The molecule has 0 amide bonds. The summed E-state index contributed by atoms with van der Waals surface area (Å²) in [6.45, 7) is 1.85. The summed E-state index contributed by atoms with van der Waals surface area (Å²) in [5, 5.41) is 12.9. The van der Waals surface area contributed by atoms with Gasteiger partial charge in [-0.1, -0.05) is 24.8 Å². The van der Waals surface area contributed by atoms with E-state index in [0.29, 0.717) is 10.8 Å². The Morgan fingerprint density at radius 3 is 2.81 bits per heavy atom. The van der Waals surface area contributed by atoms with Crippen molar-refractivity contribution in [1.29, 1.82) is 0 Å². The van der Waals surface area contributed by atoms with E-state index in [1.165, 1.54) is 54.6 Å². The Kier molecular flexibility index (Phi) is 5.01. The van der Waals surface area contributed by atoms with Crippen molar-refractivity contribution in [2.45, 2.75) is 38.5 Å². The lowest BCUT2D eigenvalue weighted by atomic mass is 9.78. The summed E-state index contributed by atoms with van der Waals surface area (Å²) in [6, 6.07) is 2.06. The van der Waals surface area contributed by atoms with E-state index in [4.69, 9.17) is 0 Å². The van der Waals surface area contributed by atoms with Gasteiger partial charge in [-0.3, -0.25) is 0 Å². The van der Waals surface area contributed by atoms with Gasteiger partial charge in [0, 0.05) is 12.1 Å². The van der Waals surface area contributed by atoms with Gasteiger partial charge in [-0.15, -0.1) is 11.3 Å². The van der Waals surface area contributed by atoms with Crippen LogP contribution in [0.5, 0.6) is 0 Å². The molecule has 1 aliphatic carbocycles. The van der Waals surface area contributed by atoms with Gasteiger partial charge in [-0.25, -0.2) is 4.79 Å². The van der Waals surface area contributed by atoms with Crippen LogP contribution in [0, 0.1) is 8.80 Å². The Morgan fingerprint density at radius 2 is 2.10 bits per heavy atom. The Labute approximate surface area is 143 Å². The van der Waals surface area contributed by atoms with Gasteiger partial charge in [0.2, 0.25) is 0 Å². The van der Waals surface area contributed by atoms with Crippen molar-refractivity contribution in [3.63, 3.8) is 0 Å².